The first-order valence-corrected chi connectivity index (χ1v) is 10.9. The van der Waals surface area contributed by atoms with Crippen molar-refractivity contribution in [3.05, 3.63) is 47.0 Å². The van der Waals surface area contributed by atoms with Gasteiger partial charge in [-0.2, -0.15) is 0 Å². The van der Waals surface area contributed by atoms with Gasteiger partial charge in [-0.3, -0.25) is 9.59 Å². The van der Waals surface area contributed by atoms with Crippen molar-refractivity contribution in [2.45, 2.75) is 64.2 Å². The maximum absolute atomic E-state index is 12.9. The third kappa shape index (κ3) is 1.92. The SMILES string of the molecule is C[C@]12CC3c4ccccc4C[C@]45CCC(=O)C=C4CC[C@H](C35)[C@@H]1CCC2=O. The van der Waals surface area contributed by atoms with E-state index >= 15 is 0 Å². The Balaban J connectivity index is 1.58. The van der Waals surface area contributed by atoms with Gasteiger partial charge in [0, 0.05) is 18.3 Å². The molecule has 5 aliphatic carbocycles. The van der Waals surface area contributed by atoms with Crippen molar-refractivity contribution in [2.75, 3.05) is 0 Å². The number of carbonyl (C=O) groups is 2. The molecule has 0 amide bonds. The maximum Gasteiger partial charge on any atom is 0.155 e. The van der Waals surface area contributed by atoms with E-state index in [2.05, 4.69) is 31.2 Å². The van der Waals surface area contributed by atoms with Crippen LogP contribution in [-0.4, -0.2) is 11.6 Å². The quantitative estimate of drug-likeness (QED) is 0.651. The van der Waals surface area contributed by atoms with Crippen molar-refractivity contribution < 1.29 is 9.59 Å². The van der Waals surface area contributed by atoms with Crippen molar-refractivity contribution in [3.8, 4) is 0 Å². The summed E-state index contributed by atoms with van der Waals surface area (Å²) >= 11 is 0. The van der Waals surface area contributed by atoms with Gasteiger partial charge in [-0.15, -0.1) is 0 Å². The van der Waals surface area contributed by atoms with Gasteiger partial charge in [0.05, 0.1) is 0 Å². The van der Waals surface area contributed by atoms with Gasteiger partial charge in [0.25, 0.3) is 0 Å². The molecule has 6 atom stereocenters. The van der Waals surface area contributed by atoms with Crippen LogP contribution in [0.25, 0.3) is 0 Å². The zero-order chi connectivity index (χ0) is 18.4. The van der Waals surface area contributed by atoms with E-state index in [1.807, 2.05) is 6.08 Å². The first kappa shape index (κ1) is 16.3. The molecule has 0 N–H and O–H groups in total. The summed E-state index contributed by atoms with van der Waals surface area (Å²) in [6.45, 7) is 2.28. The molecule has 1 aromatic carbocycles. The Bertz CT molecular complexity index is 895. The van der Waals surface area contributed by atoms with Gasteiger partial charge in [0.1, 0.15) is 5.78 Å². The van der Waals surface area contributed by atoms with Crippen LogP contribution in [0.4, 0.5) is 0 Å². The van der Waals surface area contributed by atoms with Gasteiger partial charge in [0.15, 0.2) is 5.78 Å². The van der Waals surface area contributed by atoms with Crippen molar-refractivity contribution in [3.63, 3.8) is 0 Å². The number of allylic oxidation sites excluding steroid dienone is 1. The summed E-state index contributed by atoms with van der Waals surface area (Å²) in [6.07, 6.45) is 10.0. The number of hydrogen-bond donors (Lipinski definition) is 0. The van der Waals surface area contributed by atoms with Crippen LogP contribution in [0.2, 0.25) is 0 Å². The molecule has 1 aromatic rings. The van der Waals surface area contributed by atoms with E-state index in [1.54, 1.807) is 0 Å². The number of ketones is 2. The van der Waals surface area contributed by atoms with Gasteiger partial charge >= 0.3 is 0 Å². The third-order valence-electron chi connectivity index (χ3n) is 9.33. The van der Waals surface area contributed by atoms with E-state index in [0.29, 0.717) is 41.7 Å². The molecule has 0 aliphatic heterocycles. The van der Waals surface area contributed by atoms with Gasteiger partial charge in [-0.1, -0.05) is 36.8 Å². The molecule has 2 nitrogen and oxygen atoms in total. The fourth-order valence-electron chi connectivity index (χ4n) is 8.32. The summed E-state index contributed by atoms with van der Waals surface area (Å²) in [7, 11) is 0. The van der Waals surface area contributed by atoms with Crippen LogP contribution in [0.5, 0.6) is 0 Å². The fourth-order valence-corrected chi connectivity index (χ4v) is 8.32. The first-order valence-electron chi connectivity index (χ1n) is 10.9. The Hall–Kier alpha value is -1.70. The molecule has 2 heteroatoms. The predicted molar refractivity (Wildman–Crippen MR) is 104 cm³/mol. The Labute approximate surface area is 161 Å². The predicted octanol–water partition coefficient (Wildman–Crippen LogP) is 5.02. The third-order valence-corrected chi connectivity index (χ3v) is 9.33. The van der Waals surface area contributed by atoms with Crippen LogP contribution < -0.4 is 0 Å². The minimum Gasteiger partial charge on any atom is -0.299 e. The number of benzene rings is 1. The van der Waals surface area contributed by atoms with Gasteiger partial charge in [0.2, 0.25) is 0 Å². The van der Waals surface area contributed by atoms with Crippen LogP contribution >= 0.6 is 0 Å². The van der Waals surface area contributed by atoms with Crippen LogP contribution in [0.3, 0.4) is 0 Å². The average molecular weight is 360 g/mol. The van der Waals surface area contributed by atoms with Crippen molar-refractivity contribution in [1.29, 1.82) is 0 Å². The maximum atomic E-state index is 12.9. The molecule has 27 heavy (non-hydrogen) atoms. The standard InChI is InChI=1S/C25H28O2/c1-24-14-20-18-5-3-2-4-15(18)13-25-11-10-17(26)12-16(25)6-7-19(23(20)25)21(24)8-9-22(24)27/h2-5,12,19-21,23H,6-11,13-14H2,1H3/t19-,20?,21-,23?,24-,25+/m0/s1. The summed E-state index contributed by atoms with van der Waals surface area (Å²) in [4.78, 5) is 25.2. The highest BCUT2D eigenvalue weighted by atomic mass is 16.1. The second kappa shape index (κ2) is 5.21. The Kier molecular flexibility index (Phi) is 3.14. The average Bonchev–Trinajstić information content (AvgIpc) is 2.97. The lowest BCUT2D eigenvalue weighted by atomic mass is 9.40. The molecular weight excluding hydrogens is 332 g/mol. The van der Waals surface area contributed by atoms with Crippen molar-refractivity contribution in [2.24, 2.45) is 28.6 Å². The highest BCUT2D eigenvalue weighted by molar-refractivity contribution is 5.92. The molecule has 0 aromatic heterocycles. The molecule has 140 valence electrons. The number of carbonyl (C=O) groups excluding carboxylic acids is 2. The largest absolute Gasteiger partial charge is 0.299 e. The van der Waals surface area contributed by atoms with Gasteiger partial charge in [-0.25, -0.2) is 0 Å². The molecule has 5 aliphatic rings. The molecule has 0 heterocycles. The summed E-state index contributed by atoms with van der Waals surface area (Å²) in [5.41, 5.74) is 4.50. The highest BCUT2D eigenvalue weighted by Gasteiger charge is 2.64. The van der Waals surface area contributed by atoms with Crippen molar-refractivity contribution >= 4 is 11.6 Å². The molecule has 3 fully saturated rings. The number of rotatable bonds is 0. The zero-order valence-electron chi connectivity index (χ0n) is 16.2. The molecule has 3 saturated carbocycles. The van der Waals surface area contributed by atoms with E-state index in [9.17, 15) is 9.59 Å². The lowest BCUT2D eigenvalue weighted by molar-refractivity contribution is -0.135. The lowest BCUT2D eigenvalue weighted by Gasteiger charge is -2.63. The van der Waals surface area contributed by atoms with E-state index < -0.39 is 0 Å². The van der Waals surface area contributed by atoms with Crippen LogP contribution in [0, 0.1) is 28.6 Å². The van der Waals surface area contributed by atoms with Crippen LogP contribution in [0.1, 0.15) is 68.9 Å². The summed E-state index contributed by atoms with van der Waals surface area (Å²) in [5.74, 6) is 3.18. The smallest absolute Gasteiger partial charge is 0.155 e. The lowest BCUT2D eigenvalue weighted by Crippen LogP contribution is -2.57. The summed E-state index contributed by atoms with van der Waals surface area (Å²) in [6, 6.07) is 8.99. The molecule has 6 rings (SSSR count). The Morgan fingerprint density at radius 3 is 2.78 bits per heavy atom. The van der Waals surface area contributed by atoms with Crippen LogP contribution in [0.15, 0.2) is 35.9 Å². The van der Waals surface area contributed by atoms with Gasteiger partial charge < -0.3 is 0 Å². The molecule has 0 bridgehead atoms. The molecule has 0 saturated heterocycles. The number of Topliss-reactive ketones (excluding diaryl/α,β-unsaturated/α-hetero) is 1. The monoisotopic (exact) mass is 360 g/mol. The molecule has 2 unspecified atom stereocenters. The topological polar surface area (TPSA) is 34.1 Å². The van der Waals surface area contributed by atoms with Gasteiger partial charge in [-0.05, 0) is 84.8 Å². The number of fused-ring (bicyclic) bond motifs is 4. The Morgan fingerprint density at radius 1 is 1.04 bits per heavy atom. The van der Waals surface area contributed by atoms with E-state index in [-0.39, 0.29) is 10.8 Å². The minimum atomic E-state index is -0.122. The van der Waals surface area contributed by atoms with E-state index in [0.717, 1.165) is 38.5 Å². The zero-order valence-corrected chi connectivity index (χ0v) is 16.2. The Morgan fingerprint density at radius 2 is 1.89 bits per heavy atom. The fraction of sp³-hybridized carbons (Fsp3) is 0.600. The van der Waals surface area contributed by atoms with E-state index in [4.69, 9.17) is 0 Å². The molecule has 1 spiro atoms. The highest BCUT2D eigenvalue weighted by Crippen LogP contribution is 2.70. The summed E-state index contributed by atoms with van der Waals surface area (Å²) in [5, 5.41) is 0. The second-order valence-electron chi connectivity index (χ2n) is 10.2. The van der Waals surface area contributed by atoms with E-state index in [1.165, 1.54) is 23.1 Å². The second-order valence-corrected chi connectivity index (χ2v) is 10.2. The molecule has 0 radical (unpaired) electrons. The number of hydrogen-bond acceptors (Lipinski definition) is 2. The normalized spacial score (nSPS) is 44.7. The first-order chi connectivity index (χ1) is 13.0. The molecular formula is C25H28O2. The minimum absolute atomic E-state index is 0.122. The van der Waals surface area contributed by atoms with Crippen LogP contribution in [-0.2, 0) is 16.0 Å². The van der Waals surface area contributed by atoms with Crippen molar-refractivity contribution in [1.82, 2.24) is 0 Å². The summed E-state index contributed by atoms with van der Waals surface area (Å²) < 4.78 is 0.